The van der Waals surface area contributed by atoms with Crippen LogP contribution in [0.5, 0.6) is 0 Å². The first kappa shape index (κ1) is 20.4. The Morgan fingerprint density at radius 2 is 0.875 bits per heavy atom. The maximum atomic E-state index is 12.7. The van der Waals surface area contributed by atoms with Crippen molar-refractivity contribution in [3.05, 3.63) is 35.4 Å². The topological polar surface area (TPSA) is 0 Å². The SMILES string of the molecule is FC(F)(F)c1ccc(CC(C(F)(F)F)(C(F)(F)F)C(F)(F)F)cc1. The molecule has 0 heterocycles. The summed E-state index contributed by atoms with van der Waals surface area (Å²) in [7, 11) is 0. The Bertz CT molecular complexity index is 518. The molecule has 0 bridgehead atoms. The van der Waals surface area contributed by atoms with Gasteiger partial charge in [0.05, 0.1) is 5.56 Å². The Morgan fingerprint density at radius 1 is 0.542 bits per heavy atom. The molecule has 12 heteroatoms. The van der Waals surface area contributed by atoms with E-state index in [1.165, 1.54) is 0 Å². The number of alkyl halides is 12. The van der Waals surface area contributed by atoms with E-state index in [9.17, 15) is 52.7 Å². The van der Waals surface area contributed by atoms with E-state index in [-0.39, 0.29) is 24.3 Å². The zero-order chi connectivity index (χ0) is 19.2. The highest BCUT2D eigenvalue weighted by atomic mass is 19.4. The van der Waals surface area contributed by atoms with Crippen molar-refractivity contribution < 1.29 is 52.7 Å². The normalized spacial score (nSPS) is 14.8. The Morgan fingerprint density at radius 3 is 1.12 bits per heavy atom. The summed E-state index contributed by atoms with van der Waals surface area (Å²) in [5.41, 5.74) is -8.72. The summed E-state index contributed by atoms with van der Waals surface area (Å²) in [5, 5.41) is 0. The van der Waals surface area contributed by atoms with Gasteiger partial charge in [-0.2, -0.15) is 52.7 Å². The van der Waals surface area contributed by atoms with Gasteiger partial charge in [0.1, 0.15) is 0 Å². The molecule has 0 unspecified atom stereocenters. The summed E-state index contributed by atoms with van der Waals surface area (Å²) >= 11 is 0. The van der Waals surface area contributed by atoms with E-state index in [0.717, 1.165) is 0 Å². The Hall–Kier alpha value is -1.62. The van der Waals surface area contributed by atoms with Crippen LogP contribution < -0.4 is 0 Å². The fourth-order valence-corrected chi connectivity index (χ4v) is 1.90. The molecule has 138 valence electrons. The monoisotopic (exact) mass is 378 g/mol. The lowest BCUT2D eigenvalue weighted by atomic mass is 9.79. The number of benzene rings is 1. The molecule has 0 N–H and O–H groups in total. The van der Waals surface area contributed by atoms with Gasteiger partial charge in [0.15, 0.2) is 0 Å². The van der Waals surface area contributed by atoms with E-state index < -0.39 is 47.7 Å². The molecule has 0 amide bonds. The second kappa shape index (κ2) is 5.73. The van der Waals surface area contributed by atoms with Crippen molar-refractivity contribution in [1.82, 2.24) is 0 Å². The first-order chi connectivity index (χ1) is 10.4. The molecule has 0 saturated carbocycles. The summed E-state index contributed by atoms with van der Waals surface area (Å²) in [6.07, 6.45) is -27.8. The Kier molecular flexibility index (Phi) is 4.87. The fraction of sp³-hybridized carbons (Fsp3) is 0.500. The molecular weight excluding hydrogens is 372 g/mol. The average Bonchev–Trinajstić information content (AvgIpc) is 2.30. The average molecular weight is 378 g/mol. The third-order valence-electron chi connectivity index (χ3n) is 3.20. The quantitative estimate of drug-likeness (QED) is 0.561. The third kappa shape index (κ3) is 3.56. The molecule has 0 aliphatic rings. The van der Waals surface area contributed by atoms with E-state index in [1.54, 1.807) is 0 Å². The van der Waals surface area contributed by atoms with Crippen molar-refractivity contribution in [2.45, 2.75) is 31.1 Å². The molecule has 0 atom stereocenters. The summed E-state index contributed by atoms with van der Waals surface area (Å²) in [4.78, 5) is 0. The van der Waals surface area contributed by atoms with Gasteiger partial charge in [0.2, 0.25) is 0 Å². The zero-order valence-electron chi connectivity index (χ0n) is 11.1. The van der Waals surface area contributed by atoms with Crippen LogP contribution >= 0.6 is 0 Å². The van der Waals surface area contributed by atoms with Gasteiger partial charge in [0, 0.05) is 6.42 Å². The van der Waals surface area contributed by atoms with Crippen molar-refractivity contribution in [2.75, 3.05) is 0 Å². The van der Waals surface area contributed by atoms with Gasteiger partial charge in [-0.05, 0) is 17.7 Å². The first-order valence-corrected chi connectivity index (χ1v) is 5.80. The highest BCUT2D eigenvalue weighted by Gasteiger charge is 2.83. The van der Waals surface area contributed by atoms with Crippen LogP contribution in [0, 0.1) is 5.41 Å². The Balaban J connectivity index is 3.44. The van der Waals surface area contributed by atoms with Crippen molar-refractivity contribution in [2.24, 2.45) is 5.41 Å². The van der Waals surface area contributed by atoms with Crippen LogP contribution in [-0.2, 0) is 12.6 Å². The summed E-state index contributed by atoms with van der Waals surface area (Å²) in [6.45, 7) is 0. The predicted octanol–water partition coefficient (Wildman–Crippen LogP) is 5.92. The molecule has 0 aliphatic heterocycles. The van der Waals surface area contributed by atoms with Crippen LogP contribution in [0.1, 0.15) is 11.1 Å². The van der Waals surface area contributed by atoms with Gasteiger partial charge in [-0.25, -0.2) is 0 Å². The van der Waals surface area contributed by atoms with Crippen LogP contribution in [0.3, 0.4) is 0 Å². The van der Waals surface area contributed by atoms with E-state index in [0.29, 0.717) is 0 Å². The minimum Gasteiger partial charge on any atom is -0.170 e. The molecular formula is C12H6F12. The molecule has 0 aliphatic carbocycles. The summed E-state index contributed by atoms with van der Waals surface area (Å²) < 4.78 is 151. The largest absolute Gasteiger partial charge is 0.416 e. The fourth-order valence-electron chi connectivity index (χ4n) is 1.90. The van der Waals surface area contributed by atoms with Gasteiger partial charge in [-0.1, -0.05) is 12.1 Å². The van der Waals surface area contributed by atoms with Gasteiger partial charge in [-0.15, -0.1) is 0 Å². The molecule has 1 aromatic carbocycles. The maximum absolute atomic E-state index is 12.7. The first-order valence-electron chi connectivity index (χ1n) is 5.80. The molecule has 0 saturated heterocycles. The molecule has 24 heavy (non-hydrogen) atoms. The van der Waals surface area contributed by atoms with E-state index >= 15 is 0 Å². The minimum atomic E-state index is -6.76. The van der Waals surface area contributed by atoms with Crippen LogP contribution in [0.2, 0.25) is 0 Å². The Labute approximate surface area is 126 Å². The van der Waals surface area contributed by atoms with E-state index in [1.807, 2.05) is 0 Å². The standard InChI is InChI=1S/C12H6F12/c13-9(14,15)7-3-1-6(2-4-7)5-8(10(16,17)18,11(19,20)21)12(22,23)24/h1-4H,5H2. The van der Waals surface area contributed by atoms with Crippen LogP contribution in [0.4, 0.5) is 52.7 Å². The van der Waals surface area contributed by atoms with E-state index in [2.05, 4.69) is 0 Å². The highest BCUT2D eigenvalue weighted by Crippen LogP contribution is 2.60. The van der Waals surface area contributed by atoms with Gasteiger partial charge < -0.3 is 0 Å². The minimum absolute atomic E-state index is 0.100. The summed E-state index contributed by atoms with van der Waals surface area (Å²) in [5.74, 6) is 0. The molecule has 0 radical (unpaired) electrons. The second-order valence-electron chi connectivity index (χ2n) is 4.77. The number of hydrogen-bond donors (Lipinski definition) is 0. The van der Waals surface area contributed by atoms with Crippen molar-refractivity contribution >= 4 is 0 Å². The smallest absolute Gasteiger partial charge is 0.170 e. The molecule has 1 aromatic rings. The maximum Gasteiger partial charge on any atom is 0.416 e. The number of hydrogen-bond acceptors (Lipinski definition) is 0. The van der Waals surface area contributed by atoms with Crippen molar-refractivity contribution in [3.63, 3.8) is 0 Å². The van der Waals surface area contributed by atoms with Crippen LogP contribution in [0.25, 0.3) is 0 Å². The van der Waals surface area contributed by atoms with E-state index in [4.69, 9.17) is 0 Å². The number of rotatable bonds is 2. The molecule has 0 aromatic heterocycles. The number of halogens is 12. The van der Waals surface area contributed by atoms with Crippen molar-refractivity contribution in [1.29, 1.82) is 0 Å². The zero-order valence-corrected chi connectivity index (χ0v) is 11.1. The predicted molar refractivity (Wildman–Crippen MR) is 55.7 cm³/mol. The second-order valence-corrected chi connectivity index (χ2v) is 4.77. The lowest BCUT2D eigenvalue weighted by Crippen LogP contribution is -2.60. The molecule has 0 fully saturated rings. The van der Waals surface area contributed by atoms with Crippen LogP contribution in [0.15, 0.2) is 24.3 Å². The molecule has 1 rings (SSSR count). The third-order valence-corrected chi connectivity index (χ3v) is 3.20. The van der Waals surface area contributed by atoms with Crippen LogP contribution in [-0.4, -0.2) is 18.5 Å². The van der Waals surface area contributed by atoms with Gasteiger partial charge >= 0.3 is 24.7 Å². The summed E-state index contributed by atoms with van der Waals surface area (Å²) in [6, 6.07) is 0.480. The van der Waals surface area contributed by atoms with Crippen molar-refractivity contribution in [3.8, 4) is 0 Å². The molecule has 0 spiro atoms. The lowest BCUT2D eigenvalue weighted by molar-refractivity contribution is -0.426. The van der Waals surface area contributed by atoms with Gasteiger partial charge in [-0.3, -0.25) is 0 Å². The van der Waals surface area contributed by atoms with Gasteiger partial charge in [0.25, 0.3) is 5.41 Å². The highest BCUT2D eigenvalue weighted by molar-refractivity contribution is 5.26. The lowest BCUT2D eigenvalue weighted by Gasteiger charge is -2.38. The molecule has 0 nitrogen and oxygen atoms in total.